The molecular weight excluding hydrogens is 358 g/mol. The largest absolute Gasteiger partial charge is 0.506 e. The molecule has 1 atom stereocenters. The van der Waals surface area contributed by atoms with Gasteiger partial charge < -0.3 is 15.5 Å². The van der Waals surface area contributed by atoms with Gasteiger partial charge in [-0.15, -0.1) is 0 Å². The molecule has 0 aliphatic carbocycles. The number of amides is 2. The molecule has 0 aromatic heterocycles. The lowest BCUT2D eigenvalue weighted by molar-refractivity contribution is -0.384. The zero-order valence-electron chi connectivity index (χ0n) is 13.7. The minimum Gasteiger partial charge on any atom is -0.506 e. The highest BCUT2D eigenvalue weighted by Gasteiger charge is 2.40. The van der Waals surface area contributed by atoms with Crippen molar-refractivity contribution in [1.29, 1.82) is 0 Å². The Morgan fingerprint density at radius 2 is 1.96 bits per heavy atom. The summed E-state index contributed by atoms with van der Waals surface area (Å²) in [5.74, 6) is -2.79. The summed E-state index contributed by atoms with van der Waals surface area (Å²) in [6, 6.07) is 7.72. The molecule has 10 nitrogen and oxygen atoms in total. The van der Waals surface area contributed by atoms with Crippen molar-refractivity contribution in [2.24, 2.45) is 0 Å². The van der Waals surface area contributed by atoms with Crippen LogP contribution in [0.1, 0.15) is 16.8 Å². The van der Waals surface area contributed by atoms with Gasteiger partial charge in [0.25, 0.3) is 11.6 Å². The number of aromatic hydroxyl groups is 1. The van der Waals surface area contributed by atoms with E-state index in [1.807, 2.05) is 0 Å². The highest BCUT2D eigenvalue weighted by Crippen LogP contribution is 2.31. The first kappa shape index (κ1) is 17.9. The van der Waals surface area contributed by atoms with Crippen LogP contribution in [-0.4, -0.2) is 39.0 Å². The molecule has 1 aliphatic heterocycles. The Labute approximate surface area is 151 Å². The van der Waals surface area contributed by atoms with Crippen LogP contribution in [0, 0.1) is 10.1 Å². The second kappa shape index (κ2) is 6.75. The van der Waals surface area contributed by atoms with Crippen LogP contribution >= 0.6 is 0 Å². The fraction of sp³-hybridized carbons (Fsp3) is 0.118. The molecule has 1 fully saturated rings. The number of carbonyl (C=O) groups is 3. The van der Waals surface area contributed by atoms with Crippen molar-refractivity contribution in [3.05, 3.63) is 58.1 Å². The number of imide groups is 1. The summed E-state index contributed by atoms with van der Waals surface area (Å²) in [6.45, 7) is 0. The number of hydrogen-bond acceptors (Lipinski definition) is 7. The number of anilines is 2. The standard InChI is InChI=1S/C17H13N3O7/c21-14-7-11(20(26)27)4-5-12(14)18-13-8-15(22)19(16(13)23)10-3-1-2-9(6-10)17(24)25/h1-7,13,18,21H,8H2,(H,24,25). The summed E-state index contributed by atoms with van der Waals surface area (Å²) in [5, 5.41) is 32.3. The first-order valence-corrected chi connectivity index (χ1v) is 7.72. The number of phenolic OH excluding ortho intramolecular Hbond substituents is 1. The number of benzene rings is 2. The lowest BCUT2D eigenvalue weighted by atomic mass is 10.2. The number of nitro benzene ring substituents is 1. The van der Waals surface area contributed by atoms with Crippen LogP contribution in [0.4, 0.5) is 17.1 Å². The van der Waals surface area contributed by atoms with Crippen molar-refractivity contribution in [1.82, 2.24) is 0 Å². The number of phenols is 1. The van der Waals surface area contributed by atoms with Gasteiger partial charge in [-0.1, -0.05) is 6.07 Å². The van der Waals surface area contributed by atoms with Crippen LogP contribution in [0.3, 0.4) is 0 Å². The Hall–Kier alpha value is -3.95. The average molecular weight is 371 g/mol. The quantitative estimate of drug-likeness (QED) is 0.311. The molecule has 2 aromatic rings. The van der Waals surface area contributed by atoms with Crippen LogP contribution in [0.25, 0.3) is 0 Å². The number of non-ortho nitro benzene ring substituents is 1. The minimum atomic E-state index is -1.19. The zero-order valence-corrected chi connectivity index (χ0v) is 13.7. The van der Waals surface area contributed by atoms with Gasteiger partial charge in [-0.2, -0.15) is 0 Å². The normalized spacial score (nSPS) is 16.4. The van der Waals surface area contributed by atoms with Crippen LogP contribution in [0.5, 0.6) is 5.75 Å². The van der Waals surface area contributed by atoms with Gasteiger partial charge in [-0.25, -0.2) is 9.69 Å². The summed E-state index contributed by atoms with van der Waals surface area (Å²) in [4.78, 5) is 46.8. The van der Waals surface area contributed by atoms with E-state index in [1.165, 1.54) is 30.3 Å². The lowest BCUT2D eigenvalue weighted by Crippen LogP contribution is -2.34. The molecule has 1 unspecified atom stereocenters. The van der Waals surface area contributed by atoms with Crippen molar-refractivity contribution < 1.29 is 29.5 Å². The number of rotatable bonds is 5. The van der Waals surface area contributed by atoms with Crippen molar-refractivity contribution in [3.63, 3.8) is 0 Å². The van der Waals surface area contributed by atoms with E-state index < -0.39 is 34.5 Å². The number of carbonyl (C=O) groups excluding carboxylic acids is 2. The van der Waals surface area contributed by atoms with Crippen LogP contribution in [0.15, 0.2) is 42.5 Å². The Bertz CT molecular complexity index is 973. The van der Waals surface area contributed by atoms with Gasteiger partial charge in [-0.05, 0) is 24.3 Å². The van der Waals surface area contributed by atoms with Crippen molar-refractivity contribution in [2.45, 2.75) is 12.5 Å². The van der Waals surface area contributed by atoms with Gasteiger partial charge in [0.2, 0.25) is 5.91 Å². The molecule has 138 valence electrons. The second-order valence-corrected chi connectivity index (χ2v) is 5.78. The van der Waals surface area contributed by atoms with E-state index in [2.05, 4.69) is 5.32 Å². The molecule has 0 spiro atoms. The highest BCUT2D eigenvalue weighted by molar-refractivity contribution is 6.23. The third-order valence-electron chi connectivity index (χ3n) is 4.02. The molecule has 3 rings (SSSR count). The molecule has 1 heterocycles. The van der Waals surface area contributed by atoms with E-state index in [4.69, 9.17) is 5.11 Å². The molecule has 2 aromatic carbocycles. The molecule has 1 saturated heterocycles. The number of carboxylic acid groups (broad SMARTS) is 1. The summed E-state index contributed by atoms with van der Waals surface area (Å²) >= 11 is 0. The maximum absolute atomic E-state index is 12.6. The Morgan fingerprint density at radius 1 is 1.22 bits per heavy atom. The molecule has 3 N–H and O–H groups in total. The van der Waals surface area contributed by atoms with E-state index in [1.54, 1.807) is 0 Å². The molecule has 10 heteroatoms. The molecule has 2 amide bonds. The summed E-state index contributed by atoms with van der Waals surface area (Å²) in [5.41, 5.74) is -0.202. The lowest BCUT2D eigenvalue weighted by Gasteiger charge is -2.17. The summed E-state index contributed by atoms with van der Waals surface area (Å²) < 4.78 is 0. The van der Waals surface area contributed by atoms with Gasteiger partial charge in [0.05, 0.1) is 34.3 Å². The van der Waals surface area contributed by atoms with Crippen LogP contribution in [0.2, 0.25) is 0 Å². The Kier molecular flexibility index (Phi) is 4.46. The Balaban J connectivity index is 1.83. The van der Waals surface area contributed by atoms with Gasteiger partial charge in [-0.3, -0.25) is 19.7 Å². The smallest absolute Gasteiger partial charge is 0.335 e. The van der Waals surface area contributed by atoms with E-state index in [0.717, 1.165) is 17.0 Å². The first-order chi connectivity index (χ1) is 12.8. The SMILES string of the molecule is O=C(O)c1cccc(N2C(=O)CC(Nc3ccc([N+](=O)[O-])cc3O)C2=O)c1. The number of nitrogens with zero attached hydrogens (tertiary/aromatic N) is 2. The third kappa shape index (κ3) is 3.40. The minimum absolute atomic E-state index is 0.0629. The van der Waals surface area contributed by atoms with E-state index >= 15 is 0 Å². The fourth-order valence-electron chi connectivity index (χ4n) is 2.74. The number of carboxylic acids is 1. The zero-order chi connectivity index (χ0) is 19.7. The van der Waals surface area contributed by atoms with Crippen LogP contribution < -0.4 is 10.2 Å². The van der Waals surface area contributed by atoms with Gasteiger partial charge >= 0.3 is 5.97 Å². The number of nitro groups is 1. The molecule has 1 aliphatic rings. The van der Waals surface area contributed by atoms with Crippen molar-refractivity contribution in [2.75, 3.05) is 10.2 Å². The maximum Gasteiger partial charge on any atom is 0.335 e. The second-order valence-electron chi connectivity index (χ2n) is 5.78. The maximum atomic E-state index is 12.6. The summed E-state index contributed by atoms with van der Waals surface area (Å²) in [7, 11) is 0. The topological polar surface area (TPSA) is 150 Å². The Morgan fingerprint density at radius 3 is 2.59 bits per heavy atom. The number of aromatic carboxylic acids is 1. The van der Waals surface area contributed by atoms with Gasteiger partial charge in [0.15, 0.2) is 0 Å². The van der Waals surface area contributed by atoms with Gasteiger partial charge in [0, 0.05) is 6.07 Å². The molecule has 27 heavy (non-hydrogen) atoms. The van der Waals surface area contributed by atoms with Gasteiger partial charge in [0.1, 0.15) is 11.8 Å². The molecule has 0 radical (unpaired) electrons. The van der Waals surface area contributed by atoms with Crippen molar-refractivity contribution >= 4 is 34.8 Å². The number of hydrogen-bond donors (Lipinski definition) is 3. The fourth-order valence-corrected chi connectivity index (χ4v) is 2.74. The predicted octanol–water partition coefficient (Wildman–Crippen LogP) is 1.74. The molecule has 0 saturated carbocycles. The average Bonchev–Trinajstić information content (AvgIpc) is 2.90. The van der Waals surface area contributed by atoms with Crippen molar-refractivity contribution in [3.8, 4) is 5.75 Å². The monoisotopic (exact) mass is 371 g/mol. The summed E-state index contributed by atoms with van der Waals surface area (Å²) in [6.07, 6.45) is -0.216. The highest BCUT2D eigenvalue weighted by atomic mass is 16.6. The molecule has 0 bridgehead atoms. The van der Waals surface area contributed by atoms with E-state index in [0.29, 0.717) is 0 Å². The third-order valence-corrected chi connectivity index (χ3v) is 4.02. The van der Waals surface area contributed by atoms with E-state index in [9.17, 15) is 29.6 Å². The van der Waals surface area contributed by atoms with Crippen LogP contribution in [-0.2, 0) is 9.59 Å². The first-order valence-electron chi connectivity index (χ1n) is 7.72. The van der Waals surface area contributed by atoms with E-state index in [-0.39, 0.29) is 29.0 Å². The number of nitrogens with one attached hydrogen (secondary N) is 1. The predicted molar refractivity (Wildman–Crippen MR) is 92.7 cm³/mol. The molecular formula is C17H13N3O7.